The number of carbonyl (C=O) groups is 1. The van der Waals surface area contributed by atoms with Gasteiger partial charge in [0.15, 0.2) is 6.61 Å². The first-order valence-electron chi connectivity index (χ1n) is 8.14. The zero-order valence-corrected chi connectivity index (χ0v) is 13.4. The molecule has 1 fully saturated rings. The Kier molecular flexibility index (Phi) is 5.69. The van der Waals surface area contributed by atoms with Gasteiger partial charge >= 0.3 is 0 Å². The van der Waals surface area contributed by atoms with Gasteiger partial charge in [-0.2, -0.15) is 0 Å². The SMILES string of the molecule is O=C(COc1ccc(Oc2ccccc2)cc1)NCC1CCCO1. The van der Waals surface area contributed by atoms with Gasteiger partial charge in [0.25, 0.3) is 5.91 Å². The van der Waals surface area contributed by atoms with Crippen molar-refractivity contribution < 1.29 is 19.0 Å². The summed E-state index contributed by atoms with van der Waals surface area (Å²) in [6.45, 7) is 1.33. The molecule has 2 aromatic rings. The lowest BCUT2D eigenvalue weighted by molar-refractivity contribution is -0.123. The molecule has 0 aromatic heterocycles. The largest absolute Gasteiger partial charge is 0.484 e. The van der Waals surface area contributed by atoms with Crippen molar-refractivity contribution in [3.8, 4) is 17.2 Å². The van der Waals surface area contributed by atoms with Crippen LogP contribution in [0.3, 0.4) is 0 Å². The molecule has 5 nitrogen and oxygen atoms in total. The molecule has 3 rings (SSSR count). The smallest absolute Gasteiger partial charge is 0.258 e. The van der Waals surface area contributed by atoms with E-state index in [2.05, 4.69) is 5.32 Å². The lowest BCUT2D eigenvalue weighted by Crippen LogP contribution is -2.35. The second-order valence-corrected chi connectivity index (χ2v) is 5.61. The molecule has 1 unspecified atom stereocenters. The maximum absolute atomic E-state index is 11.8. The Labute approximate surface area is 141 Å². The summed E-state index contributed by atoms with van der Waals surface area (Å²) in [6.07, 6.45) is 2.21. The van der Waals surface area contributed by atoms with E-state index in [0.717, 1.165) is 30.9 Å². The van der Waals surface area contributed by atoms with Gasteiger partial charge in [-0.3, -0.25) is 4.79 Å². The zero-order valence-electron chi connectivity index (χ0n) is 13.4. The first-order valence-corrected chi connectivity index (χ1v) is 8.14. The van der Waals surface area contributed by atoms with E-state index in [1.165, 1.54) is 0 Å². The van der Waals surface area contributed by atoms with Crippen molar-refractivity contribution in [2.45, 2.75) is 18.9 Å². The number of ether oxygens (including phenoxy) is 3. The average Bonchev–Trinajstić information content (AvgIpc) is 3.14. The molecule has 1 atom stereocenters. The van der Waals surface area contributed by atoms with E-state index < -0.39 is 0 Å². The molecular weight excluding hydrogens is 306 g/mol. The fourth-order valence-electron chi connectivity index (χ4n) is 2.46. The Bertz CT molecular complexity index is 636. The highest BCUT2D eigenvalue weighted by Crippen LogP contribution is 2.23. The summed E-state index contributed by atoms with van der Waals surface area (Å²) in [7, 11) is 0. The van der Waals surface area contributed by atoms with Gasteiger partial charge in [0.05, 0.1) is 6.10 Å². The van der Waals surface area contributed by atoms with Gasteiger partial charge in [-0.1, -0.05) is 18.2 Å². The predicted octanol–water partition coefficient (Wildman–Crippen LogP) is 3.15. The molecule has 2 aromatic carbocycles. The number of nitrogens with one attached hydrogen (secondary N) is 1. The van der Waals surface area contributed by atoms with Crippen LogP contribution in [0.1, 0.15) is 12.8 Å². The topological polar surface area (TPSA) is 56.8 Å². The number of hydrogen-bond acceptors (Lipinski definition) is 4. The lowest BCUT2D eigenvalue weighted by atomic mass is 10.2. The van der Waals surface area contributed by atoms with Crippen LogP contribution in [0.25, 0.3) is 0 Å². The highest BCUT2D eigenvalue weighted by molar-refractivity contribution is 5.77. The molecular formula is C19H21NO4. The molecule has 0 aliphatic carbocycles. The van der Waals surface area contributed by atoms with E-state index in [4.69, 9.17) is 14.2 Å². The first-order chi connectivity index (χ1) is 11.8. The minimum Gasteiger partial charge on any atom is -0.484 e. The third kappa shape index (κ3) is 4.99. The van der Waals surface area contributed by atoms with E-state index in [1.54, 1.807) is 12.1 Å². The van der Waals surface area contributed by atoms with E-state index in [1.807, 2.05) is 42.5 Å². The molecule has 24 heavy (non-hydrogen) atoms. The number of carbonyl (C=O) groups excluding carboxylic acids is 1. The molecule has 1 aliphatic rings. The summed E-state index contributed by atoms with van der Waals surface area (Å²) < 4.78 is 16.6. The van der Waals surface area contributed by atoms with Crippen LogP contribution in [0.4, 0.5) is 0 Å². The van der Waals surface area contributed by atoms with Gasteiger partial charge in [0, 0.05) is 13.2 Å². The summed E-state index contributed by atoms with van der Waals surface area (Å²) in [5.41, 5.74) is 0. The number of benzene rings is 2. The van der Waals surface area contributed by atoms with Crippen LogP contribution in [0.2, 0.25) is 0 Å². The predicted molar refractivity (Wildman–Crippen MR) is 90.4 cm³/mol. The van der Waals surface area contributed by atoms with Gasteiger partial charge in [-0.25, -0.2) is 0 Å². The first kappa shape index (κ1) is 16.3. The van der Waals surface area contributed by atoms with Crippen molar-refractivity contribution in [3.05, 3.63) is 54.6 Å². The second-order valence-electron chi connectivity index (χ2n) is 5.61. The summed E-state index contributed by atoms with van der Waals surface area (Å²) in [4.78, 5) is 11.8. The van der Waals surface area contributed by atoms with Crippen LogP contribution in [0, 0.1) is 0 Å². The average molecular weight is 327 g/mol. The van der Waals surface area contributed by atoms with Crippen LogP contribution in [-0.2, 0) is 9.53 Å². The van der Waals surface area contributed by atoms with Gasteiger partial charge in [0.1, 0.15) is 17.2 Å². The summed E-state index contributed by atoms with van der Waals surface area (Å²) in [5, 5.41) is 2.83. The third-order valence-electron chi connectivity index (χ3n) is 3.72. The van der Waals surface area contributed by atoms with Gasteiger partial charge in [0.2, 0.25) is 0 Å². The van der Waals surface area contributed by atoms with Crippen LogP contribution < -0.4 is 14.8 Å². The fraction of sp³-hybridized carbons (Fsp3) is 0.316. The standard InChI is InChI=1S/C19H21NO4/c21-19(20-13-18-7-4-12-22-18)14-23-15-8-10-17(11-9-15)24-16-5-2-1-3-6-16/h1-3,5-6,8-11,18H,4,7,12-14H2,(H,20,21). The van der Waals surface area contributed by atoms with Crippen LogP contribution in [0.5, 0.6) is 17.2 Å². The molecule has 1 amide bonds. The van der Waals surface area contributed by atoms with Crippen LogP contribution in [0.15, 0.2) is 54.6 Å². The van der Waals surface area contributed by atoms with E-state index in [9.17, 15) is 4.79 Å². The molecule has 126 valence electrons. The maximum atomic E-state index is 11.8. The monoisotopic (exact) mass is 327 g/mol. The van der Waals surface area contributed by atoms with E-state index in [-0.39, 0.29) is 18.6 Å². The van der Waals surface area contributed by atoms with Crippen molar-refractivity contribution in [1.29, 1.82) is 0 Å². The molecule has 1 N–H and O–H groups in total. The maximum Gasteiger partial charge on any atom is 0.258 e. The second kappa shape index (κ2) is 8.36. The molecule has 5 heteroatoms. The Hall–Kier alpha value is -2.53. The Morgan fingerprint density at radius 2 is 1.75 bits per heavy atom. The summed E-state index contributed by atoms with van der Waals surface area (Å²) >= 11 is 0. The quantitative estimate of drug-likeness (QED) is 0.849. The van der Waals surface area contributed by atoms with E-state index >= 15 is 0 Å². The van der Waals surface area contributed by atoms with Crippen molar-refractivity contribution in [3.63, 3.8) is 0 Å². The normalized spacial score (nSPS) is 16.6. The van der Waals surface area contributed by atoms with Crippen LogP contribution in [-0.4, -0.2) is 31.8 Å². The van der Waals surface area contributed by atoms with E-state index in [0.29, 0.717) is 12.3 Å². The number of rotatable bonds is 7. The molecule has 1 saturated heterocycles. The molecule has 1 heterocycles. The molecule has 1 aliphatic heterocycles. The number of hydrogen-bond donors (Lipinski definition) is 1. The van der Waals surface area contributed by atoms with Crippen molar-refractivity contribution in [1.82, 2.24) is 5.32 Å². The fourth-order valence-corrected chi connectivity index (χ4v) is 2.46. The molecule has 0 bridgehead atoms. The highest BCUT2D eigenvalue weighted by atomic mass is 16.5. The van der Waals surface area contributed by atoms with Crippen molar-refractivity contribution in [2.24, 2.45) is 0 Å². The lowest BCUT2D eigenvalue weighted by Gasteiger charge is -2.11. The van der Waals surface area contributed by atoms with Gasteiger partial charge in [-0.15, -0.1) is 0 Å². The summed E-state index contributed by atoms with van der Waals surface area (Å²) in [5.74, 6) is 1.98. The number of amides is 1. The van der Waals surface area contributed by atoms with Gasteiger partial charge in [-0.05, 0) is 49.2 Å². The highest BCUT2D eigenvalue weighted by Gasteiger charge is 2.16. The molecule has 0 saturated carbocycles. The Morgan fingerprint density at radius 3 is 2.46 bits per heavy atom. The Balaban J connectivity index is 1.41. The molecule has 0 radical (unpaired) electrons. The summed E-state index contributed by atoms with van der Waals surface area (Å²) in [6, 6.07) is 16.7. The molecule has 0 spiro atoms. The van der Waals surface area contributed by atoms with Crippen molar-refractivity contribution in [2.75, 3.05) is 19.8 Å². The van der Waals surface area contributed by atoms with Crippen LogP contribution >= 0.6 is 0 Å². The Morgan fingerprint density at radius 1 is 1.04 bits per heavy atom. The minimum absolute atomic E-state index is 0.00832. The number of para-hydroxylation sites is 1. The van der Waals surface area contributed by atoms with Crippen molar-refractivity contribution >= 4 is 5.91 Å². The third-order valence-corrected chi connectivity index (χ3v) is 3.72. The van der Waals surface area contributed by atoms with Gasteiger partial charge < -0.3 is 19.5 Å². The zero-order chi connectivity index (χ0) is 16.6. The minimum atomic E-state index is -0.143.